The van der Waals surface area contributed by atoms with Crippen LogP contribution in [0.4, 0.5) is 0 Å². The smallest absolute Gasteiger partial charge is 0.165 e. The minimum Gasteiger partial charge on any atom is -0.236 e. The van der Waals surface area contributed by atoms with E-state index in [4.69, 9.17) is 12.2 Å². The molecule has 0 aromatic carbocycles. The maximum Gasteiger partial charge on any atom is 0.165 e. The molecule has 0 unspecified atom stereocenters. The van der Waals surface area contributed by atoms with E-state index in [1.165, 1.54) is 64.2 Å². The molecule has 20 heavy (non-hydrogen) atoms. The predicted molar refractivity (Wildman–Crippen MR) is 90.2 cm³/mol. The lowest BCUT2D eigenvalue weighted by Crippen LogP contribution is -2.02. The summed E-state index contributed by atoms with van der Waals surface area (Å²) in [5.74, 6) is 0.735. The minimum atomic E-state index is 0.735. The normalized spacial score (nSPS) is 10.7. The van der Waals surface area contributed by atoms with Crippen molar-refractivity contribution in [3.8, 4) is 0 Å². The Labute approximate surface area is 129 Å². The van der Waals surface area contributed by atoms with Gasteiger partial charge in [0.25, 0.3) is 0 Å². The minimum absolute atomic E-state index is 0.735. The molecule has 0 saturated heterocycles. The maximum atomic E-state index is 5.36. The topological polar surface area (TPSA) is 25.8 Å². The van der Waals surface area contributed by atoms with Crippen molar-refractivity contribution in [3.63, 3.8) is 0 Å². The summed E-state index contributed by atoms with van der Waals surface area (Å²) in [7, 11) is 0. The van der Waals surface area contributed by atoms with E-state index in [1.54, 1.807) is 12.4 Å². The molecule has 0 radical (unpaired) electrons. The zero-order valence-corrected chi connectivity index (χ0v) is 13.6. The van der Waals surface area contributed by atoms with Crippen LogP contribution in [-0.4, -0.2) is 14.8 Å². The van der Waals surface area contributed by atoms with Crippen molar-refractivity contribution in [3.05, 3.63) is 24.3 Å². The van der Waals surface area contributed by atoms with Gasteiger partial charge in [0.2, 0.25) is 0 Å². The molecule has 0 fully saturated rings. The maximum absolute atomic E-state index is 5.36. The van der Waals surface area contributed by atoms with Gasteiger partial charge in [-0.15, -0.1) is 0 Å². The molecular formula is C17H28N2S. The van der Waals surface area contributed by atoms with Crippen LogP contribution in [0.25, 0.3) is 0 Å². The second-order valence-corrected chi connectivity index (χ2v) is 5.92. The van der Waals surface area contributed by atoms with E-state index in [0.717, 1.165) is 17.1 Å². The van der Waals surface area contributed by atoms with Crippen LogP contribution in [0.5, 0.6) is 0 Å². The van der Waals surface area contributed by atoms with Crippen LogP contribution >= 0.6 is 12.2 Å². The molecule has 0 saturated carbocycles. The molecule has 0 aliphatic carbocycles. The largest absolute Gasteiger partial charge is 0.236 e. The molecule has 2 nitrogen and oxygen atoms in total. The number of thiocarbonyl (C=S) groups is 1. The summed E-state index contributed by atoms with van der Waals surface area (Å²) >= 11 is 5.36. The van der Waals surface area contributed by atoms with Crippen LogP contribution in [0.3, 0.4) is 0 Å². The third kappa shape index (κ3) is 8.36. The Morgan fingerprint density at radius 1 is 0.850 bits per heavy atom. The second kappa shape index (κ2) is 12.0. The number of hydrogen-bond acceptors (Lipinski definition) is 3. The average molecular weight is 292 g/mol. The third-order valence-electron chi connectivity index (χ3n) is 3.57. The van der Waals surface area contributed by atoms with E-state index in [2.05, 4.69) is 16.9 Å². The standard InChI is InChI=1S/C17H28N2S/c1-2-3-4-5-6-7-8-9-10-11-13-16(20)17-18-14-12-15-19-17/h12,14-15H,2-11,13H2,1H3. The number of unbranched alkanes of at least 4 members (excludes halogenated alkanes) is 9. The fraction of sp³-hybridized carbons (Fsp3) is 0.706. The second-order valence-electron chi connectivity index (χ2n) is 5.43. The lowest BCUT2D eigenvalue weighted by Gasteiger charge is -2.03. The van der Waals surface area contributed by atoms with E-state index >= 15 is 0 Å². The summed E-state index contributed by atoms with van der Waals surface area (Å²) in [6.07, 6.45) is 18.0. The lowest BCUT2D eigenvalue weighted by atomic mass is 10.1. The van der Waals surface area contributed by atoms with E-state index in [9.17, 15) is 0 Å². The van der Waals surface area contributed by atoms with Crippen molar-refractivity contribution in [2.24, 2.45) is 0 Å². The monoisotopic (exact) mass is 292 g/mol. The third-order valence-corrected chi connectivity index (χ3v) is 3.96. The summed E-state index contributed by atoms with van der Waals surface area (Å²) < 4.78 is 0. The lowest BCUT2D eigenvalue weighted by molar-refractivity contribution is 0.559. The number of aromatic nitrogens is 2. The number of nitrogens with zero attached hydrogens (tertiary/aromatic N) is 2. The Morgan fingerprint density at radius 2 is 1.35 bits per heavy atom. The Hall–Kier alpha value is -0.830. The van der Waals surface area contributed by atoms with Crippen LogP contribution in [0.2, 0.25) is 0 Å². The van der Waals surface area contributed by atoms with Crippen LogP contribution in [0, 0.1) is 0 Å². The molecule has 1 rings (SSSR count). The molecule has 1 heterocycles. The van der Waals surface area contributed by atoms with Gasteiger partial charge < -0.3 is 0 Å². The van der Waals surface area contributed by atoms with Gasteiger partial charge in [-0.3, -0.25) is 0 Å². The van der Waals surface area contributed by atoms with Crippen molar-refractivity contribution in [2.45, 2.75) is 77.6 Å². The molecule has 1 aromatic rings. The number of rotatable bonds is 12. The van der Waals surface area contributed by atoms with E-state index < -0.39 is 0 Å². The van der Waals surface area contributed by atoms with Gasteiger partial charge in [-0.25, -0.2) is 9.97 Å². The van der Waals surface area contributed by atoms with Gasteiger partial charge in [-0.2, -0.15) is 0 Å². The summed E-state index contributed by atoms with van der Waals surface area (Å²) in [6, 6.07) is 1.83. The first-order valence-corrected chi connectivity index (χ1v) is 8.55. The predicted octanol–water partition coefficient (Wildman–Crippen LogP) is 5.51. The van der Waals surface area contributed by atoms with Gasteiger partial charge in [-0.05, 0) is 18.9 Å². The quantitative estimate of drug-likeness (QED) is 0.289. The summed E-state index contributed by atoms with van der Waals surface area (Å²) in [5.41, 5.74) is 0. The summed E-state index contributed by atoms with van der Waals surface area (Å²) in [6.45, 7) is 2.27. The molecule has 1 aromatic heterocycles. The highest BCUT2D eigenvalue weighted by molar-refractivity contribution is 7.80. The molecule has 112 valence electrons. The van der Waals surface area contributed by atoms with E-state index in [0.29, 0.717) is 0 Å². The molecule has 0 aliphatic heterocycles. The summed E-state index contributed by atoms with van der Waals surface area (Å²) in [5, 5.41) is 0. The Bertz CT molecular complexity index is 351. The molecule has 0 atom stereocenters. The number of hydrogen-bond donors (Lipinski definition) is 0. The van der Waals surface area contributed by atoms with Crippen LogP contribution in [0.15, 0.2) is 18.5 Å². The highest BCUT2D eigenvalue weighted by Gasteiger charge is 2.02. The van der Waals surface area contributed by atoms with Crippen LogP contribution < -0.4 is 0 Å². The molecule has 0 aliphatic rings. The molecule has 0 N–H and O–H groups in total. The zero-order valence-electron chi connectivity index (χ0n) is 12.8. The fourth-order valence-electron chi connectivity index (χ4n) is 2.33. The van der Waals surface area contributed by atoms with Crippen LogP contribution in [0.1, 0.15) is 83.4 Å². The SMILES string of the molecule is CCCCCCCCCCCCC(=S)c1ncccn1. The first-order chi connectivity index (χ1) is 9.84. The first-order valence-electron chi connectivity index (χ1n) is 8.15. The van der Waals surface area contributed by atoms with Crippen molar-refractivity contribution in [2.75, 3.05) is 0 Å². The van der Waals surface area contributed by atoms with Gasteiger partial charge in [0.05, 0.1) is 4.86 Å². The van der Waals surface area contributed by atoms with Crippen molar-refractivity contribution in [1.82, 2.24) is 9.97 Å². The van der Waals surface area contributed by atoms with Crippen molar-refractivity contribution >= 4 is 17.1 Å². The average Bonchev–Trinajstić information content (AvgIpc) is 2.50. The Morgan fingerprint density at radius 3 is 1.90 bits per heavy atom. The molecule has 3 heteroatoms. The molecule has 0 bridgehead atoms. The van der Waals surface area contributed by atoms with Crippen molar-refractivity contribution in [1.29, 1.82) is 0 Å². The Balaban J connectivity index is 1.91. The van der Waals surface area contributed by atoms with Crippen molar-refractivity contribution < 1.29 is 0 Å². The fourth-order valence-corrected chi connectivity index (χ4v) is 2.58. The Kier molecular flexibility index (Phi) is 10.3. The summed E-state index contributed by atoms with van der Waals surface area (Å²) in [4.78, 5) is 9.29. The highest BCUT2D eigenvalue weighted by atomic mass is 32.1. The molecule has 0 spiro atoms. The first kappa shape index (κ1) is 17.2. The van der Waals surface area contributed by atoms with Gasteiger partial charge in [0, 0.05) is 12.4 Å². The molecular weight excluding hydrogens is 264 g/mol. The van der Waals surface area contributed by atoms with E-state index in [1.807, 2.05) is 6.07 Å². The van der Waals surface area contributed by atoms with E-state index in [-0.39, 0.29) is 0 Å². The van der Waals surface area contributed by atoms with Crippen LogP contribution in [-0.2, 0) is 0 Å². The zero-order chi connectivity index (χ0) is 14.5. The van der Waals surface area contributed by atoms with Gasteiger partial charge in [-0.1, -0.05) is 76.9 Å². The molecule has 0 amide bonds. The van der Waals surface area contributed by atoms with Gasteiger partial charge >= 0.3 is 0 Å². The highest BCUT2D eigenvalue weighted by Crippen LogP contribution is 2.12. The van der Waals surface area contributed by atoms with Gasteiger partial charge in [0.1, 0.15) is 0 Å². The van der Waals surface area contributed by atoms with Gasteiger partial charge in [0.15, 0.2) is 5.82 Å².